The maximum Gasteiger partial charge on any atom is 0.253 e. The number of methoxy groups -OCH3 is 2. The lowest BCUT2D eigenvalue weighted by Crippen LogP contribution is -1.91. The molecule has 1 aromatic heterocycles. The molecule has 0 fully saturated rings. The van der Waals surface area contributed by atoms with Gasteiger partial charge < -0.3 is 14.5 Å². The summed E-state index contributed by atoms with van der Waals surface area (Å²) in [4.78, 5) is 17.9. The summed E-state index contributed by atoms with van der Waals surface area (Å²) in [6.07, 6.45) is 1.81. The number of carbonyl (C=O) groups excluding carboxylic acids is 1. The third-order valence-electron chi connectivity index (χ3n) is 2.65. The molecule has 2 aromatic rings. The molecule has 0 bridgehead atoms. The van der Waals surface area contributed by atoms with Crippen LogP contribution in [0.15, 0.2) is 18.2 Å². The van der Waals surface area contributed by atoms with Crippen molar-refractivity contribution in [3.05, 3.63) is 29.6 Å². The Kier molecular flexibility index (Phi) is 3.32. The van der Waals surface area contributed by atoms with E-state index in [1.165, 1.54) is 0 Å². The Morgan fingerprint density at radius 1 is 1.28 bits per heavy atom. The number of aryl methyl sites for hydroxylation is 1. The van der Waals surface area contributed by atoms with E-state index in [4.69, 9.17) is 9.47 Å². The summed E-state index contributed by atoms with van der Waals surface area (Å²) in [5.41, 5.74) is 1.68. The van der Waals surface area contributed by atoms with Crippen LogP contribution in [0.2, 0.25) is 0 Å². The summed E-state index contributed by atoms with van der Waals surface area (Å²) >= 11 is 0. The SMILES string of the molecule is COc1ccc(OC)c(-c2nc(C)c([C]=O)[nH]2)c1. The monoisotopic (exact) mass is 245 g/mol. The van der Waals surface area contributed by atoms with Gasteiger partial charge in [0.15, 0.2) is 0 Å². The number of rotatable bonds is 4. The second kappa shape index (κ2) is 4.91. The van der Waals surface area contributed by atoms with Gasteiger partial charge in [-0.25, -0.2) is 4.98 Å². The number of imidazole rings is 1. The van der Waals surface area contributed by atoms with Crippen molar-refractivity contribution in [2.24, 2.45) is 0 Å². The van der Waals surface area contributed by atoms with Crippen LogP contribution in [0.3, 0.4) is 0 Å². The Labute approximate surface area is 105 Å². The molecular weight excluding hydrogens is 232 g/mol. The van der Waals surface area contributed by atoms with Crippen molar-refractivity contribution >= 4 is 6.29 Å². The molecule has 1 N–H and O–H groups in total. The van der Waals surface area contributed by atoms with Gasteiger partial charge in [0.25, 0.3) is 6.29 Å². The zero-order chi connectivity index (χ0) is 13.1. The largest absolute Gasteiger partial charge is 0.497 e. The number of aromatic nitrogens is 2. The number of H-pyrrole nitrogens is 1. The summed E-state index contributed by atoms with van der Waals surface area (Å²) in [7, 11) is 3.16. The van der Waals surface area contributed by atoms with Crippen molar-refractivity contribution in [3.63, 3.8) is 0 Å². The van der Waals surface area contributed by atoms with E-state index in [1.807, 2.05) is 6.29 Å². The third kappa shape index (κ3) is 2.07. The van der Waals surface area contributed by atoms with E-state index in [1.54, 1.807) is 39.3 Å². The van der Waals surface area contributed by atoms with E-state index in [0.29, 0.717) is 28.7 Å². The Hall–Kier alpha value is -2.30. The van der Waals surface area contributed by atoms with E-state index in [-0.39, 0.29) is 0 Å². The summed E-state index contributed by atoms with van der Waals surface area (Å²) in [5.74, 6) is 1.90. The minimum Gasteiger partial charge on any atom is -0.497 e. The fourth-order valence-electron chi connectivity index (χ4n) is 1.69. The molecule has 18 heavy (non-hydrogen) atoms. The summed E-state index contributed by atoms with van der Waals surface area (Å²) in [5, 5.41) is 0. The molecule has 1 heterocycles. The highest BCUT2D eigenvalue weighted by Gasteiger charge is 2.13. The maximum absolute atomic E-state index is 10.7. The maximum atomic E-state index is 10.7. The van der Waals surface area contributed by atoms with Crippen LogP contribution in [0.25, 0.3) is 11.4 Å². The fourth-order valence-corrected chi connectivity index (χ4v) is 1.69. The minimum atomic E-state index is 0.342. The quantitative estimate of drug-likeness (QED) is 0.893. The molecule has 1 aromatic carbocycles. The van der Waals surface area contributed by atoms with Crippen LogP contribution in [0.4, 0.5) is 0 Å². The van der Waals surface area contributed by atoms with Crippen LogP contribution in [0.1, 0.15) is 11.4 Å². The van der Waals surface area contributed by atoms with E-state index in [2.05, 4.69) is 9.97 Å². The number of hydrogen-bond acceptors (Lipinski definition) is 4. The molecule has 0 aliphatic heterocycles. The number of nitrogens with one attached hydrogen (secondary N) is 1. The van der Waals surface area contributed by atoms with E-state index < -0.39 is 0 Å². The highest BCUT2D eigenvalue weighted by molar-refractivity contribution is 5.77. The van der Waals surface area contributed by atoms with E-state index >= 15 is 0 Å². The first-order valence-corrected chi connectivity index (χ1v) is 5.36. The van der Waals surface area contributed by atoms with Gasteiger partial charge in [-0.05, 0) is 25.1 Å². The second-order valence-electron chi connectivity index (χ2n) is 3.71. The third-order valence-corrected chi connectivity index (χ3v) is 2.65. The highest BCUT2D eigenvalue weighted by Crippen LogP contribution is 2.31. The molecule has 0 spiro atoms. The molecule has 5 heteroatoms. The summed E-state index contributed by atoms with van der Waals surface area (Å²) in [6.45, 7) is 1.74. The van der Waals surface area contributed by atoms with Crippen molar-refractivity contribution in [2.45, 2.75) is 6.92 Å². The smallest absolute Gasteiger partial charge is 0.253 e. The molecule has 0 aliphatic rings. The second-order valence-corrected chi connectivity index (χ2v) is 3.71. The van der Waals surface area contributed by atoms with Crippen LogP contribution >= 0.6 is 0 Å². The fraction of sp³-hybridized carbons (Fsp3) is 0.231. The van der Waals surface area contributed by atoms with Gasteiger partial charge in [-0.3, -0.25) is 4.79 Å². The van der Waals surface area contributed by atoms with Crippen molar-refractivity contribution in [3.8, 4) is 22.9 Å². The molecule has 0 saturated heterocycles. The first kappa shape index (κ1) is 12.2. The van der Waals surface area contributed by atoms with Gasteiger partial charge >= 0.3 is 0 Å². The number of aromatic amines is 1. The molecule has 0 unspecified atom stereocenters. The highest BCUT2D eigenvalue weighted by atomic mass is 16.5. The lowest BCUT2D eigenvalue weighted by atomic mass is 10.2. The zero-order valence-electron chi connectivity index (χ0n) is 10.4. The van der Waals surface area contributed by atoms with Gasteiger partial charge in [0.1, 0.15) is 23.0 Å². The van der Waals surface area contributed by atoms with Crippen molar-refractivity contribution < 1.29 is 14.3 Å². The van der Waals surface area contributed by atoms with Crippen molar-refractivity contribution in [2.75, 3.05) is 14.2 Å². The lowest BCUT2D eigenvalue weighted by molar-refractivity contribution is 0.404. The molecule has 93 valence electrons. The molecular formula is C13H13N2O3. The Morgan fingerprint density at radius 3 is 2.61 bits per heavy atom. The molecule has 0 aliphatic carbocycles. The van der Waals surface area contributed by atoms with Gasteiger partial charge in [0, 0.05) is 0 Å². The zero-order valence-corrected chi connectivity index (χ0v) is 10.4. The minimum absolute atomic E-state index is 0.342. The summed E-state index contributed by atoms with van der Waals surface area (Å²) in [6, 6.07) is 5.38. The average Bonchev–Trinajstić information content (AvgIpc) is 2.79. The molecule has 0 atom stereocenters. The molecule has 5 nitrogen and oxygen atoms in total. The Bertz CT molecular complexity index is 576. The molecule has 0 amide bonds. The first-order valence-electron chi connectivity index (χ1n) is 5.36. The van der Waals surface area contributed by atoms with Gasteiger partial charge in [0.2, 0.25) is 0 Å². The van der Waals surface area contributed by atoms with Crippen molar-refractivity contribution in [1.29, 1.82) is 0 Å². The van der Waals surface area contributed by atoms with Crippen LogP contribution in [0.5, 0.6) is 11.5 Å². The topological polar surface area (TPSA) is 64.2 Å². The number of benzene rings is 1. The summed E-state index contributed by atoms with van der Waals surface area (Å²) < 4.78 is 10.4. The average molecular weight is 245 g/mol. The number of hydrogen-bond donors (Lipinski definition) is 1. The number of ether oxygens (including phenoxy) is 2. The number of nitrogens with zero attached hydrogens (tertiary/aromatic N) is 1. The van der Waals surface area contributed by atoms with Gasteiger partial charge in [0.05, 0.1) is 25.5 Å². The Balaban J connectivity index is 2.56. The predicted octanol–water partition coefficient (Wildman–Crippen LogP) is 1.86. The normalized spacial score (nSPS) is 10.2. The van der Waals surface area contributed by atoms with Crippen LogP contribution in [-0.4, -0.2) is 30.5 Å². The molecule has 0 saturated carbocycles. The van der Waals surface area contributed by atoms with Gasteiger partial charge in [-0.2, -0.15) is 0 Å². The standard InChI is InChI=1S/C13H13N2O3/c1-8-11(7-16)15-13(14-8)10-6-9(17-2)4-5-12(10)18-3/h4-6H,1-3H3,(H,14,15). The van der Waals surface area contributed by atoms with Crippen LogP contribution in [0, 0.1) is 6.92 Å². The van der Waals surface area contributed by atoms with Crippen molar-refractivity contribution in [1.82, 2.24) is 9.97 Å². The lowest BCUT2D eigenvalue weighted by Gasteiger charge is -2.08. The van der Waals surface area contributed by atoms with Gasteiger partial charge in [-0.1, -0.05) is 0 Å². The Morgan fingerprint density at radius 2 is 2.06 bits per heavy atom. The molecule has 1 radical (unpaired) electrons. The van der Waals surface area contributed by atoms with E-state index in [9.17, 15) is 4.79 Å². The van der Waals surface area contributed by atoms with E-state index in [0.717, 1.165) is 5.56 Å². The van der Waals surface area contributed by atoms with Gasteiger partial charge in [-0.15, -0.1) is 0 Å². The van der Waals surface area contributed by atoms with Crippen LogP contribution in [-0.2, 0) is 4.79 Å². The van der Waals surface area contributed by atoms with Crippen LogP contribution < -0.4 is 9.47 Å². The predicted molar refractivity (Wildman–Crippen MR) is 66.7 cm³/mol. The first-order chi connectivity index (χ1) is 8.69. The molecule has 2 rings (SSSR count).